The summed E-state index contributed by atoms with van der Waals surface area (Å²) in [4.78, 5) is 10.5. The van der Waals surface area contributed by atoms with Gasteiger partial charge in [-0.25, -0.2) is 13.1 Å². The molecule has 6 nitrogen and oxygen atoms in total. The third-order valence-electron chi connectivity index (χ3n) is 1.91. The molecular weight excluding hydrogens is 256 g/mol. The van der Waals surface area contributed by atoms with Crippen LogP contribution in [0.2, 0.25) is 0 Å². The number of amides is 1. The summed E-state index contributed by atoms with van der Waals surface area (Å²) < 4.78 is 25.4. The predicted octanol–water partition coefficient (Wildman–Crippen LogP) is -1.21. The van der Waals surface area contributed by atoms with Crippen molar-refractivity contribution >= 4 is 15.9 Å². The van der Waals surface area contributed by atoms with Crippen molar-refractivity contribution in [1.82, 2.24) is 4.72 Å². The SMILES string of the molecule is NC(=O)CNS(=O)(=O)c1ccc(C#CCO)cc1. The Morgan fingerprint density at radius 2 is 1.94 bits per heavy atom. The zero-order valence-corrected chi connectivity index (χ0v) is 10.2. The Morgan fingerprint density at radius 1 is 1.33 bits per heavy atom. The van der Waals surface area contributed by atoms with Gasteiger partial charge in [0.1, 0.15) is 6.61 Å². The molecule has 0 unspecified atom stereocenters. The molecule has 0 spiro atoms. The molecule has 0 aliphatic carbocycles. The Morgan fingerprint density at radius 3 is 2.44 bits per heavy atom. The number of benzene rings is 1. The monoisotopic (exact) mass is 268 g/mol. The largest absolute Gasteiger partial charge is 0.384 e. The number of aliphatic hydroxyl groups is 1. The molecule has 0 atom stereocenters. The Hall–Kier alpha value is -1.88. The third kappa shape index (κ3) is 4.18. The van der Waals surface area contributed by atoms with Crippen molar-refractivity contribution in [2.75, 3.05) is 13.2 Å². The molecule has 0 fully saturated rings. The van der Waals surface area contributed by atoms with Gasteiger partial charge in [0, 0.05) is 5.56 Å². The van der Waals surface area contributed by atoms with E-state index in [1.54, 1.807) is 0 Å². The molecule has 96 valence electrons. The van der Waals surface area contributed by atoms with Crippen LogP contribution in [0.1, 0.15) is 5.56 Å². The van der Waals surface area contributed by atoms with Gasteiger partial charge >= 0.3 is 0 Å². The highest BCUT2D eigenvalue weighted by Crippen LogP contribution is 2.09. The lowest BCUT2D eigenvalue weighted by Crippen LogP contribution is -2.33. The Bertz CT molecular complexity index is 582. The second-order valence-corrected chi connectivity index (χ2v) is 5.04. The Kier molecular flexibility index (Phi) is 4.85. The minimum atomic E-state index is -3.74. The van der Waals surface area contributed by atoms with Gasteiger partial charge in [0.05, 0.1) is 11.4 Å². The van der Waals surface area contributed by atoms with Crippen LogP contribution in [0, 0.1) is 11.8 Å². The second-order valence-electron chi connectivity index (χ2n) is 3.28. The minimum absolute atomic E-state index is 0.0123. The summed E-state index contributed by atoms with van der Waals surface area (Å²) in [6.07, 6.45) is 0. The van der Waals surface area contributed by atoms with E-state index in [1.807, 2.05) is 0 Å². The molecule has 0 heterocycles. The molecule has 0 aliphatic heterocycles. The van der Waals surface area contributed by atoms with Crippen LogP contribution in [-0.4, -0.2) is 32.6 Å². The normalized spacial score (nSPS) is 10.5. The summed E-state index contributed by atoms with van der Waals surface area (Å²) >= 11 is 0. The van der Waals surface area contributed by atoms with Gasteiger partial charge in [-0.15, -0.1) is 0 Å². The number of primary amides is 1. The van der Waals surface area contributed by atoms with E-state index in [9.17, 15) is 13.2 Å². The Balaban J connectivity index is 2.87. The molecule has 1 aromatic carbocycles. The van der Waals surface area contributed by atoms with Crippen molar-refractivity contribution in [3.05, 3.63) is 29.8 Å². The van der Waals surface area contributed by atoms with Crippen molar-refractivity contribution in [2.24, 2.45) is 5.73 Å². The average Bonchev–Trinajstić information content (AvgIpc) is 2.34. The van der Waals surface area contributed by atoms with Crippen LogP contribution < -0.4 is 10.5 Å². The molecule has 18 heavy (non-hydrogen) atoms. The maximum absolute atomic E-state index is 11.7. The number of nitrogens with two attached hydrogens (primary N) is 1. The quantitative estimate of drug-likeness (QED) is 0.595. The van der Waals surface area contributed by atoms with E-state index in [0.29, 0.717) is 5.56 Å². The van der Waals surface area contributed by atoms with Gasteiger partial charge in [-0.2, -0.15) is 0 Å². The first-order valence-electron chi connectivity index (χ1n) is 4.93. The van der Waals surface area contributed by atoms with Crippen molar-refractivity contribution in [3.63, 3.8) is 0 Å². The summed E-state index contributed by atoms with van der Waals surface area (Å²) in [5, 5.41) is 8.51. The van der Waals surface area contributed by atoms with Crippen LogP contribution in [-0.2, 0) is 14.8 Å². The smallest absolute Gasteiger partial charge is 0.241 e. The van der Waals surface area contributed by atoms with E-state index in [0.717, 1.165) is 0 Å². The first-order chi connectivity index (χ1) is 8.45. The molecular formula is C11H12N2O4S. The lowest BCUT2D eigenvalue weighted by Gasteiger charge is -2.04. The number of sulfonamides is 1. The van der Waals surface area contributed by atoms with Gasteiger partial charge in [-0.1, -0.05) is 11.8 Å². The number of carbonyl (C=O) groups is 1. The first kappa shape index (κ1) is 14.2. The fourth-order valence-electron chi connectivity index (χ4n) is 1.11. The third-order valence-corrected chi connectivity index (χ3v) is 3.33. The summed E-state index contributed by atoms with van der Waals surface area (Å²) in [6.45, 7) is -0.714. The standard InChI is InChI=1S/C11H12N2O4S/c12-11(15)8-13-18(16,17)10-5-3-9(4-6-10)2-1-7-14/h3-6,13-14H,7-8H2,(H2,12,15). The van der Waals surface area contributed by atoms with Crippen molar-refractivity contribution in [2.45, 2.75) is 4.90 Å². The van der Waals surface area contributed by atoms with Crippen LogP contribution in [0.4, 0.5) is 0 Å². The molecule has 0 saturated carbocycles. The van der Waals surface area contributed by atoms with Crippen LogP contribution in [0.5, 0.6) is 0 Å². The molecule has 0 aliphatic rings. The first-order valence-corrected chi connectivity index (χ1v) is 6.42. The fourth-order valence-corrected chi connectivity index (χ4v) is 2.10. The second kappa shape index (κ2) is 6.16. The van der Waals surface area contributed by atoms with E-state index < -0.39 is 22.5 Å². The van der Waals surface area contributed by atoms with E-state index in [1.165, 1.54) is 24.3 Å². The lowest BCUT2D eigenvalue weighted by molar-refractivity contribution is -0.116. The molecule has 1 rings (SSSR count). The van der Waals surface area contributed by atoms with Crippen LogP contribution in [0.15, 0.2) is 29.2 Å². The maximum atomic E-state index is 11.7. The molecule has 0 radical (unpaired) electrons. The lowest BCUT2D eigenvalue weighted by atomic mass is 10.2. The van der Waals surface area contributed by atoms with E-state index in [2.05, 4.69) is 16.6 Å². The zero-order chi connectivity index (χ0) is 13.6. The molecule has 7 heteroatoms. The summed E-state index contributed by atoms with van der Waals surface area (Å²) in [7, 11) is -3.74. The molecule has 0 bridgehead atoms. The number of hydrogen-bond acceptors (Lipinski definition) is 4. The fraction of sp³-hybridized carbons (Fsp3) is 0.182. The van der Waals surface area contributed by atoms with Crippen LogP contribution >= 0.6 is 0 Å². The summed E-state index contributed by atoms with van der Waals surface area (Å²) in [6, 6.07) is 5.71. The summed E-state index contributed by atoms with van der Waals surface area (Å²) in [5.74, 6) is 4.32. The topological polar surface area (TPSA) is 109 Å². The minimum Gasteiger partial charge on any atom is -0.384 e. The number of hydrogen-bond donors (Lipinski definition) is 3. The van der Waals surface area contributed by atoms with Gasteiger partial charge in [0.15, 0.2) is 0 Å². The van der Waals surface area contributed by atoms with E-state index in [4.69, 9.17) is 10.8 Å². The van der Waals surface area contributed by atoms with Gasteiger partial charge in [-0.05, 0) is 24.3 Å². The Labute approximate surface area is 105 Å². The van der Waals surface area contributed by atoms with Crippen molar-refractivity contribution in [3.8, 4) is 11.8 Å². The van der Waals surface area contributed by atoms with Gasteiger partial charge in [0.25, 0.3) is 0 Å². The highest BCUT2D eigenvalue weighted by molar-refractivity contribution is 7.89. The van der Waals surface area contributed by atoms with E-state index >= 15 is 0 Å². The number of nitrogens with one attached hydrogen (secondary N) is 1. The predicted molar refractivity (Wildman–Crippen MR) is 64.8 cm³/mol. The van der Waals surface area contributed by atoms with E-state index in [-0.39, 0.29) is 11.5 Å². The molecule has 0 aromatic heterocycles. The maximum Gasteiger partial charge on any atom is 0.241 e. The van der Waals surface area contributed by atoms with Gasteiger partial charge in [-0.3, -0.25) is 4.79 Å². The summed E-state index contributed by atoms with van der Waals surface area (Å²) in [5.41, 5.74) is 5.43. The van der Waals surface area contributed by atoms with Crippen LogP contribution in [0.25, 0.3) is 0 Å². The number of rotatable bonds is 4. The molecule has 1 aromatic rings. The van der Waals surface area contributed by atoms with Crippen molar-refractivity contribution in [1.29, 1.82) is 0 Å². The highest BCUT2D eigenvalue weighted by atomic mass is 32.2. The average molecular weight is 268 g/mol. The molecule has 1 amide bonds. The number of aliphatic hydroxyl groups excluding tert-OH is 1. The van der Waals surface area contributed by atoms with Gasteiger partial charge < -0.3 is 10.8 Å². The molecule has 0 saturated heterocycles. The van der Waals surface area contributed by atoms with Crippen molar-refractivity contribution < 1.29 is 18.3 Å². The highest BCUT2D eigenvalue weighted by Gasteiger charge is 2.13. The zero-order valence-electron chi connectivity index (χ0n) is 9.38. The number of carbonyl (C=O) groups excluding carboxylic acids is 1. The van der Waals surface area contributed by atoms with Gasteiger partial charge in [0.2, 0.25) is 15.9 Å². The van der Waals surface area contributed by atoms with Crippen LogP contribution in [0.3, 0.4) is 0 Å². The molecule has 4 N–H and O–H groups in total.